The van der Waals surface area contributed by atoms with Gasteiger partial charge >= 0.3 is 5.97 Å². The molecule has 0 aliphatic carbocycles. The summed E-state index contributed by atoms with van der Waals surface area (Å²) in [6, 6.07) is 9.19. The number of carbonyl (C=O) groups excluding carboxylic acids is 2. The molecule has 0 N–H and O–H groups in total. The fourth-order valence-electron chi connectivity index (χ4n) is 1.85. The summed E-state index contributed by atoms with van der Waals surface area (Å²) in [4.78, 5) is 23.3. The Labute approximate surface area is 149 Å². The molecule has 0 amide bonds. The Kier molecular flexibility index (Phi) is 6.06. The molecule has 7 heteroatoms. The van der Waals surface area contributed by atoms with Crippen LogP contribution in [0.15, 0.2) is 36.4 Å². The van der Waals surface area contributed by atoms with E-state index in [4.69, 9.17) is 37.4 Å². The number of ether oxygens (including phenoxy) is 3. The molecule has 0 heterocycles. The van der Waals surface area contributed by atoms with Crippen LogP contribution in [-0.4, -0.2) is 25.5 Å². The third-order valence-corrected chi connectivity index (χ3v) is 3.56. The maximum atomic E-state index is 11.9. The van der Waals surface area contributed by atoms with Gasteiger partial charge in [-0.05, 0) is 43.3 Å². The topological polar surface area (TPSA) is 61.8 Å². The first kappa shape index (κ1) is 18.1. The molecule has 0 saturated carbocycles. The van der Waals surface area contributed by atoms with Crippen molar-refractivity contribution in [3.63, 3.8) is 0 Å². The average Bonchev–Trinajstić information content (AvgIpc) is 2.54. The summed E-state index contributed by atoms with van der Waals surface area (Å²) < 4.78 is 15.6. The van der Waals surface area contributed by atoms with Crippen LogP contribution in [0.1, 0.15) is 17.3 Å². The number of esters is 1. The quantitative estimate of drug-likeness (QED) is 0.434. The van der Waals surface area contributed by atoms with Crippen LogP contribution >= 0.6 is 23.2 Å². The molecule has 0 radical (unpaired) electrons. The molecule has 0 bridgehead atoms. The third-order valence-electron chi connectivity index (χ3n) is 3.03. The number of carbonyl (C=O) groups is 2. The van der Waals surface area contributed by atoms with Crippen molar-refractivity contribution >= 4 is 35.0 Å². The molecule has 2 aromatic carbocycles. The highest BCUT2D eigenvalue weighted by molar-refractivity contribution is 6.35. The summed E-state index contributed by atoms with van der Waals surface area (Å²) in [7, 11) is 1.42. The molecule has 0 saturated heterocycles. The minimum atomic E-state index is -0.644. The molecular formula is C17H14Cl2O5. The molecule has 5 nitrogen and oxygen atoms in total. The van der Waals surface area contributed by atoms with Gasteiger partial charge in [0.1, 0.15) is 5.75 Å². The van der Waals surface area contributed by atoms with Crippen molar-refractivity contribution < 1.29 is 23.8 Å². The van der Waals surface area contributed by atoms with Crippen molar-refractivity contribution in [1.29, 1.82) is 0 Å². The molecule has 2 rings (SSSR count). The maximum absolute atomic E-state index is 11.9. The summed E-state index contributed by atoms with van der Waals surface area (Å²) >= 11 is 11.7. The third kappa shape index (κ3) is 4.63. The molecule has 126 valence electrons. The number of hydrogen-bond donors (Lipinski definition) is 0. The van der Waals surface area contributed by atoms with Crippen molar-refractivity contribution in [2.75, 3.05) is 13.7 Å². The lowest BCUT2D eigenvalue weighted by molar-refractivity contribution is -0.136. The molecular weight excluding hydrogens is 355 g/mol. The van der Waals surface area contributed by atoms with Gasteiger partial charge < -0.3 is 14.2 Å². The van der Waals surface area contributed by atoms with Gasteiger partial charge in [0.05, 0.1) is 12.1 Å². The summed E-state index contributed by atoms with van der Waals surface area (Å²) in [6.07, 6.45) is 0. The van der Waals surface area contributed by atoms with E-state index in [2.05, 4.69) is 0 Å². The smallest absolute Gasteiger partial charge is 0.349 e. The highest BCUT2D eigenvalue weighted by Gasteiger charge is 2.13. The minimum absolute atomic E-state index is 0.119. The van der Waals surface area contributed by atoms with E-state index in [9.17, 15) is 9.59 Å². The Hall–Kier alpha value is -2.24. The van der Waals surface area contributed by atoms with Crippen LogP contribution in [0.3, 0.4) is 0 Å². The molecule has 0 aliphatic heterocycles. The van der Waals surface area contributed by atoms with E-state index >= 15 is 0 Å². The average molecular weight is 369 g/mol. The first-order chi connectivity index (χ1) is 11.4. The number of methoxy groups -OCH3 is 1. The van der Waals surface area contributed by atoms with E-state index in [1.807, 2.05) is 0 Å². The summed E-state index contributed by atoms with van der Waals surface area (Å²) in [6.45, 7) is 1.09. The van der Waals surface area contributed by atoms with Gasteiger partial charge in [-0.2, -0.15) is 0 Å². The zero-order chi connectivity index (χ0) is 17.7. The van der Waals surface area contributed by atoms with Crippen LogP contribution in [0.4, 0.5) is 0 Å². The van der Waals surface area contributed by atoms with Crippen LogP contribution in [0.25, 0.3) is 0 Å². The largest absolute Gasteiger partial charge is 0.493 e. The summed E-state index contributed by atoms with van der Waals surface area (Å²) in [5.41, 5.74) is 0.454. The number of rotatable bonds is 6. The molecule has 0 atom stereocenters. The van der Waals surface area contributed by atoms with Gasteiger partial charge in [-0.3, -0.25) is 4.79 Å². The minimum Gasteiger partial charge on any atom is -0.493 e. The molecule has 24 heavy (non-hydrogen) atoms. The second-order valence-electron chi connectivity index (χ2n) is 4.76. The highest BCUT2D eigenvalue weighted by atomic mass is 35.5. The summed E-state index contributed by atoms with van der Waals surface area (Å²) in [5.74, 6) is 0.0255. The van der Waals surface area contributed by atoms with Crippen molar-refractivity contribution in [3.8, 4) is 17.2 Å². The predicted octanol–water partition coefficient (Wildman–Crippen LogP) is 4.19. The van der Waals surface area contributed by atoms with Gasteiger partial charge in [-0.25, -0.2) is 4.79 Å². The first-order valence-corrected chi connectivity index (χ1v) is 7.64. The number of benzene rings is 2. The van der Waals surface area contributed by atoms with E-state index in [0.29, 0.717) is 21.4 Å². The molecule has 0 fully saturated rings. The van der Waals surface area contributed by atoms with Gasteiger partial charge in [0.15, 0.2) is 23.9 Å². The zero-order valence-electron chi connectivity index (χ0n) is 13.0. The molecule has 0 aromatic heterocycles. The van der Waals surface area contributed by atoms with Gasteiger partial charge in [-0.1, -0.05) is 23.2 Å². The zero-order valence-corrected chi connectivity index (χ0v) is 14.5. The Morgan fingerprint density at radius 2 is 1.71 bits per heavy atom. The second-order valence-corrected chi connectivity index (χ2v) is 5.60. The first-order valence-electron chi connectivity index (χ1n) is 6.88. The highest BCUT2D eigenvalue weighted by Crippen LogP contribution is 2.29. The monoisotopic (exact) mass is 368 g/mol. The van der Waals surface area contributed by atoms with Gasteiger partial charge in [0.2, 0.25) is 0 Å². The van der Waals surface area contributed by atoms with E-state index in [0.717, 1.165) is 0 Å². The SMILES string of the molecule is COc1cc(C(C)=O)ccc1OC(=O)COc1ccc(Cl)cc1Cl. The van der Waals surface area contributed by atoms with Gasteiger partial charge in [0, 0.05) is 10.6 Å². The molecule has 0 aliphatic rings. The van der Waals surface area contributed by atoms with Crippen LogP contribution < -0.4 is 14.2 Å². The van der Waals surface area contributed by atoms with Crippen LogP contribution in [0, 0.1) is 0 Å². The number of hydrogen-bond acceptors (Lipinski definition) is 5. The van der Waals surface area contributed by atoms with Crippen molar-refractivity contribution in [2.45, 2.75) is 6.92 Å². The Balaban J connectivity index is 2.03. The van der Waals surface area contributed by atoms with E-state index < -0.39 is 5.97 Å². The number of halogens is 2. The summed E-state index contributed by atoms with van der Waals surface area (Å²) in [5, 5.41) is 0.754. The Bertz CT molecular complexity index is 774. The normalized spacial score (nSPS) is 10.2. The standard InChI is InChI=1S/C17H14Cl2O5/c1-10(20)11-3-5-15(16(7-11)22-2)24-17(21)9-23-14-6-4-12(18)8-13(14)19/h3-8H,9H2,1-2H3. The predicted molar refractivity (Wildman–Crippen MR) is 90.6 cm³/mol. The number of ketones is 1. The maximum Gasteiger partial charge on any atom is 0.349 e. The fourth-order valence-corrected chi connectivity index (χ4v) is 2.31. The molecule has 0 spiro atoms. The Morgan fingerprint density at radius 3 is 2.33 bits per heavy atom. The van der Waals surface area contributed by atoms with Crippen LogP contribution in [-0.2, 0) is 4.79 Å². The lowest BCUT2D eigenvalue weighted by Crippen LogP contribution is -2.18. The number of Topliss-reactive ketones (excluding diaryl/α,β-unsaturated/α-hetero) is 1. The van der Waals surface area contributed by atoms with Crippen LogP contribution in [0.2, 0.25) is 10.0 Å². The fraction of sp³-hybridized carbons (Fsp3) is 0.176. The Morgan fingerprint density at radius 1 is 1.00 bits per heavy atom. The molecule has 2 aromatic rings. The van der Waals surface area contributed by atoms with Crippen molar-refractivity contribution in [2.24, 2.45) is 0 Å². The van der Waals surface area contributed by atoms with Gasteiger partial charge in [0.25, 0.3) is 0 Å². The van der Waals surface area contributed by atoms with E-state index in [1.54, 1.807) is 18.2 Å². The van der Waals surface area contributed by atoms with Crippen molar-refractivity contribution in [1.82, 2.24) is 0 Å². The van der Waals surface area contributed by atoms with Crippen LogP contribution in [0.5, 0.6) is 17.2 Å². The second kappa shape index (κ2) is 8.04. The molecule has 0 unspecified atom stereocenters. The van der Waals surface area contributed by atoms with E-state index in [-0.39, 0.29) is 23.9 Å². The lowest BCUT2D eigenvalue weighted by atomic mass is 10.1. The van der Waals surface area contributed by atoms with Gasteiger partial charge in [-0.15, -0.1) is 0 Å². The van der Waals surface area contributed by atoms with E-state index in [1.165, 1.54) is 32.2 Å². The lowest BCUT2D eigenvalue weighted by Gasteiger charge is -2.11. The van der Waals surface area contributed by atoms with Crippen molar-refractivity contribution in [3.05, 3.63) is 52.0 Å².